The van der Waals surface area contributed by atoms with Crippen LogP contribution in [0.5, 0.6) is 0 Å². The Hall–Kier alpha value is -1.92. The van der Waals surface area contributed by atoms with Crippen LogP contribution in [-0.4, -0.2) is 37.7 Å². The molecule has 7 heteroatoms. The molecule has 1 rings (SSSR count). The van der Waals surface area contributed by atoms with Gasteiger partial charge in [-0.3, -0.25) is 9.89 Å². The van der Waals surface area contributed by atoms with Crippen LogP contribution in [0.25, 0.3) is 0 Å². The number of aliphatic carboxylic acids is 1. The maximum Gasteiger partial charge on any atom is 0.329 e. The molecule has 7 nitrogen and oxygen atoms in total. The fourth-order valence-corrected chi connectivity index (χ4v) is 1.66. The number of amides is 1. The Kier molecular flexibility index (Phi) is 4.63. The Morgan fingerprint density at radius 2 is 2.11 bits per heavy atom. The quantitative estimate of drug-likeness (QED) is 0.720. The number of H-pyrrole nitrogens is 1. The van der Waals surface area contributed by atoms with Crippen molar-refractivity contribution in [1.82, 2.24) is 20.5 Å². The SMILES string of the molecule is CCCC(C)(NC(=O)c1n[nH]c(C(C)C)n1)C(=O)O. The lowest BCUT2D eigenvalue weighted by Gasteiger charge is -2.24. The summed E-state index contributed by atoms with van der Waals surface area (Å²) in [5.74, 6) is -0.968. The Morgan fingerprint density at radius 1 is 1.47 bits per heavy atom. The molecule has 0 aliphatic carbocycles. The first-order valence-corrected chi connectivity index (χ1v) is 6.28. The number of rotatable bonds is 6. The standard InChI is InChI=1S/C12H20N4O3/c1-5-6-12(4,11(18)19)14-10(17)9-13-8(7(2)3)15-16-9/h7H,5-6H2,1-4H3,(H,14,17)(H,18,19)(H,13,15,16). The smallest absolute Gasteiger partial charge is 0.329 e. The zero-order valence-electron chi connectivity index (χ0n) is 11.6. The van der Waals surface area contributed by atoms with E-state index in [1.165, 1.54) is 6.92 Å². The van der Waals surface area contributed by atoms with E-state index in [9.17, 15) is 14.7 Å². The average Bonchev–Trinajstić information content (AvgIpc) is 2.78. The van der Waals surface area contributed by atoms with E-state index in [-0.39, 0.29) is 11.7 Å². The predicted molar refractivity (Wildman–Crippen MR) is 68.9 cm³/mol. The number of hydrogen-bond donors (Lipinski definition) is 3. The van der Waals surface area contributed by atoms with Crippen LogP contribution in [0.2, 0.25) is 0 Å². The van der Waals surface area contributed by atoms with Crippen molar-refractivity contribution < 1.29 is 14.7 Å². The van der Waals surface area contributed by atoms with Gasteiger partial charge in [-0.1, -0.05) is 27.2 Å². The molecule has 19 heavy (non-hydrogen) atoms. The van der Waals surface area contributed by atoms with E-state index >= 15 is 0 Å². The van der Waals surface area contributed by atoms with Gasteiger partial charge in [-0.05, 0) is 13.3 Å². The van der Waals surface area contributed by atoms with Crippen molar-refractivity contribution in [3.63, 3.8) is 0 Å². The summed E-state index contributed by atoms with van der Waals surface area (Å²) in [4.78, 5) is 27.2. The Morgan fingerprint density at radius 3 is 2.53 bits per heavy atom. The molecule has 0 saturated heterocycles. The summed E-state index contributed by atoms with van der Waals surface area (Å²) >= 11 is 0. The monoisotopic (exact) mass is 268 g/mol. The third-order valence-electron chi connectivity index (χ3n) is 2.86. The Bertz CT molecular complexity index is 469. The molecule has 0 bridgehead atoms. The molecule has 1 atom stereocenters. The molecule has 0 aliphatic heterocycles. The van der Waals surface area contributed by atoms with Crippen molar-refractivity contribution in [1.29, 1.82) is 0 Å². The van der Waals surface area contributed by atoms with Crippen molar-refractivity contribution in [3.05, 3.63) is 11.6 Å². The van der Waals surface area contributed by atoms with Gasteiger partial charge in [0.05, 0.1) is 0 Å². The minimum absolute atomic E-state index is 0.0349. The second kappa shape index (κ2) is 5.81. The molecular formula is C12H20N4O3. The van der Waals surface area contributed by atoms with Gasteiger partial charge in [-0.15, -0.1) is 5.10 Å². The summed E-state index contributed by atoms with van der Waals surface area (Å²) in [6, 6.07) is 0. The lowest BCUT2D eigenvalue weighted by atomic mass is 9.96. The van der Waals surface area contributed by atoms with Crippen LogP contribution in [0, 0.1) is 0 Å². The lowest BCUT2D eigenvalue weighted by Crippen LogP contribution is -2.52. The first kappa shape index (κ1) is 15.1. The summed E-state index contributed by atoms with van der Waals surface area (Å²) in [6.07, 6.45) is 0.990. The van der Waals surface area contributed by atoms with Crippen LogP contribution >= 0.6 is 0 Å². The van der Waals surface area contributed by atoms with Gasteiger partial charge in [0, 0.05) is 5.92 Å². The highest BCUT2D eigenvalue weighted by molar-refractivity contribution is 5.94. The van der Waals surface area contributed by atoms with E-state index in [1.807, 2.05) is 20.8 Å². The number of carbonyl (C=O) groups excluding carboxylic acids is 1. The molecule has 0 saturated carbocycles. The van der Waals surface area contributed by atoms with Crippen molar-refractivity contribution in [2.75, 3.05) is 0 Å². The highest BCUT2D eigenvalue weighted by atomic mass is 16.4. The molecule has 1 heterocycles. The minimum Gasteiger partial charge on any atom is -0.480 e. The summed E-state index contributed by atoms with van der Waals surface area (Å²) in [5.41, 5.74) is -1.30. The molecule has 3 N–H and O–H groups in total. The van der Waals surface area contributed by atoms with Crippen LogP contribution in [-0.2, 0) is 4.79 Å². The summed E-state index contributed by atoms with van der Waals surface area (Å²) in [5, 5.41) is 18.1. The fourth-order valence-electron chi connectivity index (χ4n) is 1.66. The van der Waals surface area contributed by atoms with E-state index in [1.54, 1.807) is 0 Å². The van der Waals surface area contributed by atoms with Gasteiger partial charge in [-0.25, -0.2) is 9.78 Å². The predicted octanol–water partition coefficient (Wildman–Crippen LogP) is 1.30. The fraction of sp³-hybridized carbons (Fsp3) is 0.667. The van der Waals surface area contributed by atoms with Crippen molar-refractivity contribution >= 4 is 11.9 Å². The largest absolute Gasteiger partial charge is 0.480 e. The van der Waals surface area contributed by atoms with Gasteiger partial charge < -0.3 is 10.4 Å². The van der Waals surface area contributed by atoms with Crippen LogP contribution in [0.3, 0.4) is 0 Å². The zero-order valence-corrected chi connectivity index (χ0v) is 11.6. The van der Waals surface area contributed by atoms with Gasteiger partial charge in [0.15, 0.2) is 0 Å². The number of aromatic nitrogens is 3. The summed E-state index contributed by atoms with van der Waals surface area (Å²) < 4.78 is 0. The number of hydrogen-bond acceptors (Lipinski definition) is 4. The lowest BCUT2D eigenvalue weighted by molar-refractivity contribution is -0.144. The average molecular weight is 268 g/mol. The normalized spacial score (nSPS) is 14.2. The molecule has 0 aromatic carbocycles. The van der Waals surface area contributed by atoms with Crippen molar-refractivity contribution in [3.8, 4) is 0 Å². The highest BCUT2D eigenvalue weighted by Crippen LogP contribution is 2.14. The van der Waals surface area contributed by atoms with Crippen LogP contribution in [0.15, 0.2) is 0 Å². The minimum atomic E-state index is -1.30. The summed E-state index contributed by atoms with van der Waals surface area (Å²) in [7, 11) is 0. The maximum atomic E-state index is 12.0. The molecular weight excluding hydrogens is 248 g/mol. The second-order valence-electron chi connectivity index (χ2n) is 5.04. The first-order valence-electron chi connectivity index (χ1n) is 6.28. The molecule has 1 amide bonds. The molecule has 106 valence electrons. The Balaban J connectivity index is 2.85. The van der Waals surface area contributed by atoms with E-state index < -0.39 is 17.4 Å². The van der Waals surface area contributed by atoms with E-state index in [4.69, 9.17) is 0 Å². The number of nitrogens with one attached hydrogen (secondary N) is 2. The molecule has 0 fully saturated rings. The van der Waals surface area contributed by atoms with Gasteiger partial charge in [0.1, 0.15) is 11.4 Å². The third-order valence-corrected chi connectivity index (χ3v) is 2.86. The molecule has 1 aromatic heterocycles. The van der Waals surface area contributed by atoms with Gasteiger partial charge in [0.2, 0.25) is 5.82 Å². The van der Waals surface area contributed by atoms with E-state index in [2.05, 4.69) is 20.5 Å². The molecule has 1 aromatic rings. The maximum absolute atomic E-state index is 12.0. The van der Waals surface area contributed by atoms with Crippen LogP contribution < -0.4 is 5.32 Å². The number of nitrogens with zero attached hydrogens (tertiary/aromatic N) is 2. The van der Waals surface area contributed by atoms with Gasteiger partial charge in [-0.2, -0.15) is 0 Å². The molecule has 0 radical (unpaired) electrons. The van der Waals surface area contributed by atoms with E-state index in [0.717, 1.165) is 0 Å². The van der Waals surface area contributed by atoms with Crippen molar-refractivity contribution in [2.24, 2.45) is 0 Å². The zero-order chi connectivity index (χ0) is 14.6. The van der Waals surface area contributed by atoms with Gasteiger partial charge in [0.25, 0.3) is 5.91 Å². The molecule has 0 aliphatic rings. The molecule has 0 spiro atoms. The first-order chi connectivity index (χ1) is 8.80. The topological polar surface area (TPSA) is 108 Å². The van der Waals surface area contributed by atoms with Crippen molar-refractivity contribution in [2.45, 2.75) is 52.0 Å². The number of carboxylic acids is 1. The van der Waals surface area contributed by atoms with Gasteiger partial charge >= 0.3 is 5.97 Å². The second-order valence-corrected chi connectivity index (χ2v) is 5.04. The third kappa shape index (κ3) is 3.52. The number of aromatic amines is 1. The summed E-state index contributed by atoms with van der Waals surface area (Å²) in [6.45, 7) is 7.17. The number of carbonyl (C=O) groups is 2. The Labute approximate surface area is 111 Å². The van der Waals surface area contributed by atoms with Crippen LogP contribution in [0.1, 0.15) is 62.9 Å². The van der Waals surface area contributed by atoms with Crippen LogP contribution in [0.4, 0.5) is 0 Å². The molecule has 1 unspecified atom stereocenters. The highest BCUT2D eigenvalue weighted by Gasteiger charge is 2.35. The van der Waals surface area contributed by atoms with E-state index in [0.29, 0.717) is 18.7 Å². The number of carboxylic acid groups (broad SMARTS) is 1.